The molecule has 0 spiro atoms. The third-order valence-electron chi connectivity index (χ3n) is 3.52. The number of hydrogen-bond acceptors (Lipinski definition) is 7. The van der Waals surface area contributed by atoms with E-state index in [1.54, 1.807) is 31.0 Å². The van der Waals surface area contributed by atoms with E-state index in [2.05, 4.69) is 29.9 Å². The summed E-state index contributed by atoms with van der Waals surface area (Å²) in [5, 5.41) is 0.952. The number of aromatic nitrogens is 6. The molecule has 0 aliphatic heterocycles. The molecule has 0 atom stereocenters. The molecule has 0 amide bonds. The number of nitrogen functional groups attached to an aromatic ring is 2. The molecular formula is C15H12N8. The molecule has 8 nitrogen and oxygen atoms in total. The van der Waals surface area contributed by atoms with Gasteiger partial charge < -0.3 is 16.5 Å². The number of H-pyrrole nitrogens is 1. The van der Waals surface area contributed by atoms with Crippen molar-refractivity contribution in [1.29, 1.82) is 0 Å². The highest BCUT2D eigenvalue weighted by atomic mass is 15.0. The smallest absolute Gasteiger partial charge is 0.219 e. The number of aromatic amines is 1. The molecule has 0 bridgehead atoms. The lowest BCUT2D eigenvalue weighted by atomic mass is 10.1. The van der Waals surface area contributed by atoms with E-state index < -0.39 is 0 Å². The number of nitrogens with one attached hydrogen (secondary N) is 1. The molecule has 0 fully saturated rings. The third-order valence-corrected chi connectivity index (χ3v) is 3.52. The van der Waals surface area contributed by atoms with Gasteiger partial charge in [0, 0.05) is 64.8 Å². The van der Waals surface area contributed by atoms with Gasteiger partial charge in [-0.1, -0.05) is 0 Å². The predicted octanol–water partition coefficient (Wildman–Crippen LogP) is 1.64. The molecule has 0 saturated carbocycles. The van der Waals surface area contributed by atoms with Crippen LogP contribution in [0.2, 0.25) is 0 Å². The molecule has 0 unspecified atom stereocenters. The first-order valence-corrected chi connectivity index (χ1v) is 6.83. The van der Waals surface area contributed by atoms with Crippen molar-refractivity contribution >= 4 is 22.9 Å². The molecule has 0 saturated heterocycles. The van der Waals surface area contributed by atoms with Crippen LogP contribution in [0.4, 0.5) is 11.9 Å². The van der Waals surface area contributed by atoms with Crippen LogP contribution in [-0.4, -0.2) is 29.9 Å². The second-order valence-corrected chi connectivity index (χ2v) is 4.98. The average Bonchev–Trinajstić information content (AvgIpc) is 2.99. The van der Waals surface area contributed by atoms with Crippen molar-refractivity contribution in [3.8, 4) is 22.3 Å². The van der Waals surface area contributed by atoms with Crippen LogP contribution in [0.3, 0.4) is 0 Å². The molecule has 0 radical (unpaired) electrons. The number of pyridine rings is 1. The Hall–Kier alpha value is -3.55. The van der Waals surface area contributed by atoms with Crippen LogP contribution in [0.1, 0.15) is 0 Å². The number of nitrogens with two attached hydrogens (primary N) is 2. The van der Waals surface area contributed by atoms with Crippen LogP contribution in [0.25, 0.3) is 33.3 Å². The topological polar surface area (TPSA) is 132 Å². The first kappa shape index (κ1) is 13.1. The quantitative estimate of drug-likeness (QED) is 0.512. The van der Waals surface area contributed by atoms with E-state index in [9.17, 15) is 0 Å². The monoisotopic (exact) mass is 304 g/mol. The highest BCUT2D eigenvalue weighted by Crippen LogP contribution is 2.30. The summed E-state index contributed by atoms with van der Waals surface area (Å²) in [5.74, 6) is 0.482. The van der Waals surface area contributed by atoms with E-state index in [1.807, 2.05) is 12.3 Å². The number of rotatable bonds is 2. The van der Waals surface area contributed by atoms with Crippen LogP contribution < -0.4 is 11.5 Å². The minimum atomic E-state index is 0.240. The number of anilines is 2. The van der Waals surface area contributed by atoms with Gasteiger partial charge in [-0.25, -0.2) is 24.9 Å². The maximum absolute atomic E-state index is 5.54. The lowest BCUT2D eigenvalue weighted by Crippen LogP contribution is -1.94. The number of fused-ring (bicyclic) bond motifs is 1. The van der Waals surface area contributed by atoms with Gasteiger partial charge in [-0.15, -0.1) is 0 Å². The van der Waals surface area contributed by atoms with Crippen molar-refractivity contribution in [3.63, 3.8) is 0 Å². The van der Waals surface area contributed by atoms with Gasteiger partial charge in [-0.05, 0) is 6.07 Å². The first-order valence-electron chi connectivity index (χ1n) is 6.83. The number of hydrogen-bond donors (Lipinski definition) is 3. The lowest BCUT2D eigenvalue weighted by Gasteiger charge is -2.03. The third kappa shape index (κ3) is 2.31. The fraction of sp³-hybridized carbons (Fsp3) is 0. The summed E-state index contributed by atoms with van der Waals surface area (Å²) >= 11 is 0. The van der Waals surface area contributed by atoms with E-state index in [-0.39, 0.29) is 11.9 Å². The fourth-order valence-corrected chi connectivity index (χ4v) is 2.36. The van der Waals surface area contributed by atoms with E-state index in [4.69, 9.17) is 11.5 Å². The van der Waals surface area contributed by atoms with Gasteiger partial charge in [0.05, 0.1) is 0 Å². The van der Waals surface area contributed by atoms with Gasteiger partial charge in [0.25, 0.3) is 0 Å². The Morgan fingerprint density at radius 2 is 1.26 bits per heavy atom. The Morgan fingerprint density at radius 3 is 1.91 bits per heavy atom. The van der Waals surface area contributed by atoms with Gasteiger partial charge in [0.15, 0.2) is 0 Å². The van der Waals surface area contributed by atoms with Crippen molar-refractivity contribution in [2.24, 2.45) is 0 Å². The molecule has 8 heteroatoms. The molecule has 5 N–H and O–H groups in total. The van der Waals surface area contributed by atoms with E-state index in [1.165, 1.54) is 0 Å². The molecule has 4 aromatic heterocycles. The van der Waals surface area contributed by atoms with Crippen LogP contribution in [0.15, 0.2) is 43.2 Å². The summed E-state index contributed by atoms with van der Waals surface area (Å²) in [6.45, 7) is 0. The molecule has 112 valence electrons. The highest BCUT2D eigenvalue weighted by Gasteiger charge is 2.10. The summed E-state index contributed by atoms with van der Waals surface area (Å²) < 4.78 is 0. The highest BCUT2D eigenvalue weighted by molar-refractivity contribution is 5.95. The molecular weight excluding hydrogens is 292 g/mol. The zero-order valence-corrected chi connectivity index (χ0v) is 11.9. The van der Waals surface area contributed by atoms with Crippen LogP contribution in [0.5, 0.6) is 0 Å². The minimum Gasteiger partial charge on any atom is -0.368 e. The van der Waals surface area contributed by atoms with Crippen LogP contribution >= 0.6 is 0 Å². The van der Waals surface area contributed by atoms with E-state index in [0.29, 0.717) is 0 Å². The second kappa shape index (κ2) is 5.02. The Labute approximate surface area is 130 Å². The first-order chi connectivity index (χ1) is 11.2. The van der Waals surface area contributed by atoms with E-state index >= 15 is 0 Å². The zero-order chi connectivity index (χ0) is 15.8. The summed E-state index contributed by atoms with van der Waals surface area (Å²) in [6, 6.07) is 2.01. The minimum absolute atomic E-state index is 0.240. The molecule has 4 rings (SSSR count). The molecule has 23 heavy (non-hydrogen) atoms. The molecule has 0 aliphatic carbocycles. The zero-order valence-electron chi connectivity index (χ0n) is 11.9. The Balaban J connectivity index is 1.86. The standard InChI is InChI=1S/C15H12N8/c16-14-20-3-9(4-21-14)8-1-11-12(7-19-13(11)18-2-8)10-5-22-15(17)23-6-10/h1-7H,(H,18,19)(H2,16,20,21)(H2,17,22,23). The van der Waals surface area contributed by atoms with Gasteiger partial charge in [-0.3, -0.25) is 0 Å². The van der Waals surface area contributed by atoms with Gasteiger partial charge in [0.1, 0.15) is 5.65 Å². The lowest BCUT2D eigenvalue weighted by molar-refractivity contribution is 1.19. The molecule has 4 heterocycles. The van der Waals surface area contributed by atoms with Gasteiger partial charge >= 0.3 is 0 Å². The van der Waals surface area contributed by atoms with Crippen molar-refractivity contribution in [1.82, 2.24) is 29.9 Å². The fourth-order valence-electron chi connectivity index (χ4n) is 2.36. The summed E-state index contributed by atoms with van der Waals surface area (Å²) in [4.78, 5) is 23.7. The Morgan fingerprint density at radius 1 is 0.696 bits per heavy atom. The summed E-state index contributed by atoms with van der Waals surface area (Å²) in [7, 11) is 0. The van der Waals surface area contributed by atoms with Gasteiger partial charge in [-0.2, -0.15) is 0 Å². The maximum Gasteiger partial charge on any atom is 0.219 e. The SMILES string of the molecule is Nc1ncc(-c2cnc3[nH]cc(-c4cnc(N)nc4)c3c2)cn1. The van der Waals surface area contributed by atoms with Crippen molar-refractivity contribution < 1.29 is 0 Å². The largest absolute Gasteiger partial charge is 0.368 e. The predicted molar refractivity (Wildman–Crippen MR) is 87.0 cm³/mol. The number of nitrogens with zero attached hydrogens (tertiary/aromatic N) is 5. The van der Waals surface area contributed by atoms with Crippen molar-refractivity contribution in [2.45, 2.75) is 0 Å². The van der Waals surface area contributed by atoms with Crippen LogP contribution in [-0.2, 0) is 0 Å². The molecule has 0 aromatic carbocycles. The second-order valence-electron chi connectivity index (χ2n) is 4.98. The molecule has 0 aliphatic rings. The van der Waals surface area contributed by atoms with Crippen molar-refractivity contribution in [2.75, 3.05) is 11.5 Å². The molecule has 4 aromatic rings. The summed E-state index contributed by atoms with van der Waals surface area (Å²) in [6.07, 6.45) is 10.3. The maximum atomic E-state index is 5.54. The normalized spacial score (nSPS) is 11.0. The van der Waals surface area contributed by atoms with Crippen LogP contribution in [0, 0.1) is 0 Å². The van der Waals surface area contributed by atoms with Gasteiger partial charge in [0.2, 0.25) is 11.9 Å². The van der Waals surface area contributed by atoms with E-state index in [0.717, 1.165) is 33.3 Å². The Bertz CT molecular complexity index is 973. The summed E-state index contributed by atoms with van der Waals surface area (Å²) in [5.41, 5.74) is 15.4. The average molecular weight is 304 g/mol. The van der Waals surface area contributed by atoms with Crippen molar-refractivity contribution in [3.05, 3.63) is 43.2 Å². The Kier molecular flexibility index (Phi) is 2.87.